The molecule has 2 aromatic heterocycles. The molecule has 8 heteroatoms. The highest BCUT2D eigenvalue weighted by molar-refractivity contribution is 7.11. The molecule has 0 spiro atoms. The van der Waals surface area contributed by atoms with Crippen molar-refractivity contribution in [2.45, 2.75) is 39.9 Å². The number of nitrogens with zero attached hydrogens (tertiary/aromatic N) is 5. The van der Waals surface area contributed by atoms with Crippen molar-refractivity contribution in [2.75, 3.05) is 0 Å². The average Bonchev–Trinajstić information content (AvgIpc) is 3.29. The van der Waals surface area contributed by atoms with Gasteiger partial charge in [-0.05, 0) is 18.9 Å². The Bertz CT molecular complexity index is 883. The third-order valence-electron chi connectivity index (χ3n) is 4.22. The summed E-state index contributed by atoms with van der Waals surface area (Å²) in [6.45, 7) is 5.88. The highest BCUT2D eigenvalue weighted by Gasteiger charge is 2.07. The summed E-state index contributed by atoms with van der Waals surface area (Å²) in [5.41, 5.74) is 1.16. The summed E-state index contributed by atoms with van der Waals surface area (Å²) in [4.78, 5) is 10.5. The Labute approximate surface area is 163 Å². The SMILES string of the molecule is CCc1cnc(CNC(=NCc2ccccc2)NCc2nnc(C)n2C)s1. The van der Waals surface area contributed by atoms with Crippen LogP contribution in [0.4, 0.5) is 0 Å². The van der Waals surface area contributed by atoms with E-state index in [0.29, 0.717) is 19.6 Å². The van der Waals surface area contributed by atoms with Crippen LogP contribution < -0.4 is 10.6 Å². The Morgan fingerprint density at radius 3 is 2.59 bits per heavy atom. The molecule has 0 radical (unpaired) electrons. The molecule has 3 rings (SSSR count). The predicted octanol–water partition coefficient (Wildman–Crippen LogP) is 2.58. The molecule has 0 aliphatic carbocycles. The van der Waals surface area contributed by atoms with E-state index in [1.54, 1.807) is 11.3 Å². The van der Waals surface area contributed by atoms with E-state index in [2.05, 4.69) is 44.9 Å². The molecule has 27 heavy (non-hydrogen) atoms. The number of aryl methyl sites for hydroxylation is 2. The predicted molar refractivity (Wildman–Crippen MR) is 108 cm³/mol. The number of aromatic nitrogens is 4. The first-order valence-corrected chi connectivity index (χ1v) is 9.82. The summed E-state index contributed by atoms with van der Waals surface area (Å²) >= 11 is 1.73. The Morgan fingerprint density at radius 2 is 1.93 bits per heavy atom. The minimum Gasteiger partial charge on any atom is -0.350 e. The molecule has 2 heterocycles. The maximum atomic E-state index is 4.70. The number of thiazole rings is 1. The molecule has 0 saturated heterocycles. The van der Waals surface area contributed by atoms with Gasteiger partial charge in [-0.2, -0.15) is 0 Å². The third kappa shape index (κ3) is 5.37. The summed E-state index contributed by atoms with van der Waals surface area (Å²) in [5, 5.41) is 16.1. The van der Waals surface area contributed by atoms with Gasteiger partial charge in [0.15, 0.2) is 11.8 Å². The lowest BCUT2D eigenvalue weighted by molar-refractivity contribution is 0.713. The van der Waals surface area contributed by atoms with Crippen LogP contribution in [-0.4, -0.2) is 25.7 Å². The van der Waals surface area contributed by atoms with E-state index >= 15 is 0 Å². The van der Waals surface area contributed by atoms with Crippen molar-refractivity contribution in [1.82, 2.24) is 30.4 Å². The minimum absolute atomic E-state index is 0.552. The second-order valence-electron chi connectivity index (χ2n) is 6.15. The van der Waals surface area contributed by atoms with Crippen LogP contribution >= 0.6 is 11.3 Å². The van der Waals surface area contributed by atoms with Crippen molar-refractivity contribution in [2.24, 2.45) is 12.0 Å². The smallest absolute Gasteiger partial charge is 0.192 e. The maximum absolute atomic E-state index is 4.70. The van der Waals surface area contributed by atoms with Crippen LogP contribution in [0.5, 0.6) is 0 Å². The van der Waals surface area contributed by atoms with Gasteiger partial charge in [0.2, 0.25) is 0 Å². The highest BCUT2D eigenvalue weighted by Crippen LogP contribution is 2.12. The lowest BCUT2D eigenvalue weighted by Crippen LogP contribution is -2.37. The van der Waals surface area contributed by atoms with E-state index in [4.69, 9.17) is 4.99 Å². The van der Waals surface area contributed by atoms with Crippen LogP contribution in [0.15, 0.2) is 41.5 Å². The van der Waals surface area contributed by atoms with Crippen LogP contribution in [0.2, 0.25) is 0 Å². The van der Waals surface area contributed by atoms with Gasteiger partial charge in [-0.3, -0.25) is 0 Å². The summed E-state index contributed by atoms with van der Waals surface area (Å²) in [6, 6.07) is 10.2. The van der Waals surface area contributed by atoms with Crippen molar-refractivity contribution in [3.63, 3.8) is 0 Å². The zero-order valence-corrected chi connectivity index (χ0v) is 16.8. The lowest BCUT2D eigenvalue weighted by Gasteiger charge is -2.12. The van der Waals surface area contributed by atoms with Crippen molar-refractivity contribution in [3.8, 4) is 0 Å². The third-order valence-corrected chi connectivity index (χ3v) is 5.36. The number of aliphatic imine (C=N–C) groups is 1. The van der Waals surface area contributed by atoms with E-state index in [1.807, 2.05) is 42.9 Å². The quantitative estimate of drug-likeness (QED) is 0.484. The zero-order valence-electron chi connectivity index (χ0n) is 15.9. The molecule has 0 fully saturated rings. The summed E-state index contributed by atoms with van der Waals surface area (Å²) in [7, 11) is 1.96. The second-order valence-corrected chi connectivity index (χ2v) is 7.35. The van der Waals surface area contributed by atoms with Crippen LogP contribution in [0.1, 0.15) is 34.0 Å². The molecule has 0 atom stereocenters. The van der Waals surface area contributed by atoms with E-state index < -0.39 is 0 Å². The van der Waals surface area contributed by atoms with Gasteiger partial charge in [-0.15, -0.1) is 21.5 Å². The van der Waals surface area contributed by atoms with Crippen molar-refractivity contribution in [1.29, 1.82) is 0 Å². The molecule has 0 aliphatic heterocycles. The number of hydrogen-bond acceptors (Lipinski definition) is 5. The van der Waals surface area contributed by atoms with E-state index in [1.165, 1.54) is 4.88 Å². The van der Waals surface area contributed by atoms with E-state index in [0.717, 1.165) is 34.6 Å². The molecule has 1 aromatic carbocycles. The number of benzene rings is 1. The standard InChI is InChI=1S/C19H25N7S/c1-4-16-11-20-18(27-16)13-23-19(21-10-15-8-6-5-7-9-15)22-12-17-25-24-14(2)26(17)3/h5-9,11H,4,10,12-13H2,1-3H3,(H2,21,22,23). The number of hydrogen-bond donors (Lipinski definition) is 2. The topological polar surface area (TPSA) is 80.0 Å². The van der Waals surface area contributed by atoms with Gasteiger partial charge in [0, 0.05) is 18.1 Å². The zero-order chi connectivity index (χ0) is 19.1. The van der Waals surface area contributed by atoms with Gasteiger partial charge < -0.3 is 15.2 Å². The van der Waals surface area contributed by atoms with Crippen LogP contribution in [0.3, 0.4) is 0 Å². The van der Waals surface area contributed by atoms with E-state index in [-0.39, 0.29) is 0 Å². The lowest BCUT2D eigenvalue weighted by atomic mass is 10.2. The van der Waals surface area contributed by atoms with Crippen molar-refractivity contribution < 1.29 is 0 Å². The minimum atomic E-state index is 0.552. The molecule has 2 N–H and O–H groups in total. The number of guanidine groups is 1. The van der Waals surface area contributed by atoms with Crippen molar-refractivity contribution in [3.05, 3.63) is 63.6 Å². The first kappa shape index (κ1) is 19.0. The van der Waals surface area contributed by atoms with Crippen molar-refractivity contribution >= 4 is 17.3 Å². The Balaban J connectivity index is 1.66. The molecule has 0 amide bonds. The number of rotatable bonds is 7. The maximum Gasteiger partial charge on any atom is 0.192 e. The Hall–Kier alpha value is -2.74. The summed E-state index contributed by atoms with van der Waals surface area (Å²) in [6.07, 6.45) is 2.95. The van der Waals surface area contributed by atoms with Crippen LogP contribution in [-0.2, 0) is 33.1 Å². The molecule has 0 bridgehead atoms. The first-order valence-electron chi connectivity index (χ1n) is 9.00. The van der Waals surface area contributed by atoms with Crippen LogP contribution in [0.25, 0.3) is 0 Å². The van der Waals surface area contributed by atoms with E-state index in [9.17, 15) is 0 Å². The molecule has 3 aromatic rings. The molecular formula is C19H25N7S. The first-order chi connectivity index (χ1) is 13.2. The normalized spacial score (nSPS) is 11.6. The van der Waals surface area contributed by atoms with Gasteiger partial charge in [-0.25, -0.2) is 9.98 Å². The molecule has 0 unspecified atom stereocenters. The largest absolute Gasteiger partial charge is 0.350 e. The fraction of sp³-hybridized carbons (Fsp3) is 0.368. The van der Waals surface area contributed by atoms with Crippen LogP contribution in [0, 0.1) is 6.92 Å². The Morgan fingerprint density at radius 1 is 1.15 bits per heavy atom. The highest BCUT2D eigenvalue weighted by atomic mass is 32.1. The van der Waals surface area contributed by atoms with Gasteiger partial charge >= 0.3 is 0 Å². The molecule has 0 saturated carbocycles. The van der Waals surface area contributed by atoms with Gasteiger partial charge in [0.05, 0.1) is 19.6 Å². The second kappa shape index (κ2) is 9.27. The summed E-state index contributed by atoms with van der Waals surface area (Å²) in [5.74, 6) is 2.48. The summed E-state index contributed by atoms with van der Waals surface area (Å²) < 4.78 is 1.97. The molecule has 7 nitrogen and oxygen atoms in total. The molecule has 0 aliphatic rings. The van der Waals surface area contributed by atoms with Gasteiger partial charge in [0.1, 0.15) is 10.8 Å². The molecular weight excluding hydrogens is 358 g/mol. The fourth-order valence-electron chi connectivity index (χ4n) is 2.45. The molecule has 142 valence electrons. The monoisotopic (exact) mass is 383 g/mol. The number of nitrogens with one attached hydrogen (secondary N) is 2. The van der Waals surface area contributed by atoms with Gasteiger partial charge in [-0.1, -0.05) is 37.3 Å². The fourth-order valence-corrected chi connectivity index (χ4v) is 3.25. The average molecular weight is 384 g/mol. The Kier molecular flexibility index (Phi) is 6.54. The van der Waals surface area contributed by atoms with Gasteiger partial charge in [0.25, 0.3) is 0 Å².